The second-order valence-corrected chi connectivity index (χ2v) is 8.82. The number of pyridine rings is 1. The van der Waals surface area contributed by atoms with E-state index < -0.39 is 0 Å². The fourth-order valence-electron chi connectivity index (χ4n) is 4.74. The number of anilines is 1. The number of aromatic nitrogens is 1. The van der Waals surface area contributed by atoms with E-state index in [1.165, 1.54) is 0 Å². The van der Waals surface area contributed by atoms with Gasteiger partial charge in [0.1, 0.15) is 11.9 Å². The van der Waals surface area contributed by atoms with Gasteiger partial charge in [0, 0.05) is 51.5 Å². The van der Waals surface area contributed by atoms with Crippen LogP contribution in [0.2, 0.25) is 0 Å². The van der Waals surface area contributed by atoms with Gasteiger partial charge in [-0.3, -0.25) is 9.69 Å². The van der Waals surface area contributed by atoms with Gasteiger partial charge in [0.15, 0.2) is 0 Å². The molecule has 0 bridgehead atoms. The molecule has 0 aliphatic carbocycles. The van der Waals surface area contributed by atoms with E-state index in [0.29, 0.717) is 18.0 Å². The van der Waals surface area contributed by atoms with Crippen LogP contribution >= 0.6 is 0 Å². The first kappa shape index (κ1) is 20.1. The lowest BCUT2D eigenvalue weighted by molar-refractivity contribution is -0.135. The molecule has 29 heavy (non-hydrogen) atoms. The van der Waals surface area contributed by atoms with Crippen molar-refractivity contribution in [3.63, 3.8) is 0 Å². The zero-order valence-electron chi connectivity index (χ0n) is 17.6. The Morgan fingerprint density at radius 2 is 1.93 bits per heavy atom. The molecule has 1 aromatic rings. The van der Waals surface area contributed by atoms with Crippen LogP contribution in [0.4, 0.5) is 5.82 Å². The Kier molecular flexibility index (Phi) is 5.75. The van der Waals surface area contributed by atoms with E-state index in [1.807, 2.05) is 17.0 Å². The van der Waals surface area contributed by atoms with Crippen LogP contribution in [0.25, 0.3) is 0 Å². The number of carbonyl (C=O) groups is 1. The summed E-state index contributed by atoms with van der Waals surface area (Å²) in [6.45, 7) is 11.7. The Morgan fingerprint density at radius 3 is 2.66 bits per heavy atom. The maximum absolute atomic E-state index is 13.3. The standard InChI is InChI=1S/C22H31N5O2/c1-17(2)19-4-3-18(15-23)20(24-19)27-8-6-22(16-27)5-7-26(21(22)28)10-9-25-11-13-29-14-12-25/h3-4,17H,5-14,16H2,1-2H3. The van der Waals surface area contributed by atoms with Crippen LogP contribution in [0.15, 0.2) is 12.1 Å². The number of ether oxygens (including phenoxy) is 1. The molecular weight excluding hydrogens is 366 g/mol. The monoisotopic (exact) mass is 397 g/mol. The smallest absolute Gasteiger partial charge is 0.230 e. The molecule has 1 amide bonds. The summed E-state index contributed by atoms with van der Waals surface area (Å²) >= 11 is 0. The van der Waals surface area contributed by atoms with Crippen molar-refractivity contribution >= 4 is 11.7 Å². The van der Waals surface area contributed by atoms with Crippen molar-refractivity contribution in [1.29, 1.82) is 5.26 Å². The fourth-order valence-corrected chi connectivity index (χ4v) is 4.74. The van der Waals surface area contributed by atoms with Crippen LogP contribution in [-0.4, -0.2) is 79.7 Å². The van der Waals surface area contributed by atoms with Crippen molar-refractivity contribution in [2.24, 2.45) is 5.41 Å². The molecule has 7 heteroatoms. The van der Waals surface area contributed by atoms with Crippen LogP contribution in [0.3, 0.4) is 0 Å². The van der Waals surface area contributed by atoms with Gasteiger partial charge in [-0.25, -0.2) is 4.98 Å². The molecule has 3 aliphatic heterocycles. The lowest BCUT2D eigenvalue weighted by Crippen LogP contribution is -2.43. The fraction of sp³-hybridized carbons (Fsp3) is 0.682. The van der Waals surface area contributed by atoms with E-state index in [4.69, 9.17) is 9.72 Å². The van der Waals surface area contributed by atoms with Crippen molar-refractivity contribution < 1.29 is 9.53 Å². The Balaban J connectivity index is 1.43. The van der Waals surface area contributed by atoms with Gasteiger partial charge in [-0.2, -0.15) is 5.26 Å². The highest BCUT2D eigenvalue weighted by atomic mass is 16.5. The Labute approximate surface area is 173 Å². The molecular formula is C22H31N5O2. The molecule has 0 radical (unpaired) electrons. The number of amides is 1. The first-order valence-corrected chi connectivity index (χ1v) is 10.8. The number of hydrogen-bond donors (Lipinski definition) is 0. The number of rotatable bonds is 5. The van der Waals surface area contributed by atoms with Crippen LogP contribution in [0.5, 0.6) is 0 Å². The summed E-state index contributed by atoms with van der Waals surface area (Å²) in [5, 5.41) is 9.55. The van der Waals surface area contributed by atoms with Gasteiger partial charge in [-0.1, -0.05) is 13.8 Å². The highest BCUT2D eigenvalue weighted by Crippen LogP contribution is 2.42. The van der Waals surface area contributed by atoms with Crippen molar-refractivity contribution in [1.82, 2.24) is 14.8 Å². The molecule has 0 saturated carbocycles. The molecule has 1 unspecified atom stereocenters. The lowest BCUT2D eigenvalue weighted by atomic mass is 9.85. The van der Waals surface area contributed by atoms with E-state index >= 15 is 0 Å². The Bertz CT molecular complexity index is 799. The van der Waals surface area contributed by atoms with Crippen LogP contribution in [-0.2, 0) is 9.53 Å². The van der Waals surface area contributed by atoms with E-state index in [2.05, 4.69) is 29.7 Å². The van der Waals surface area contributed by atoms with Gasteiger partial charge >= 0.3 is 0 Å². The number of carbonyl (C=O) groups excluding carboxylic acids is 1. The Hall–Kier alpha value is -2.17. The first-order valence-electron chi connectivity index (χ1n) is 10.8. The largest absolute Gasteiger partial charge is 0.379 e. The maximum Gasteiger partial charge on any atom is 0.230 e. The van der Waals surface area contributed by atoms with Gasteiger partial charge in [0.05, 0.1) is 24.2 Å². The molecule has 4 heterocycles. The van der Waals surface area contributed by atoms with Crippen molar-refractivity contribution in [3.8, 4) is 6.07 Å². The highest BCUT2D eigenvalue weighted by molar-refractivity contribution is 5.86. The summed E-state index contributed by atoms with van der Waals surface area (Å²) in [5.41, 5.74) is 1.28. The second-order valence-electron chi connectivity index (χ2n) is 8.82. The maximum atomic E-state index is 13.3. The van der Waals surface area contributed by atoms with Crippen molar-refractivity contribution in [3.05, 3.63) is 23.4 Å². The minimum absolute atomic E-state index is 0.284. The zero-order valence-corrected chi connectivity index (χ0v) is 17.6. The third kappa shape index (κ3) is 3.96. The predicted molar refractivity (Wildman–Crippen MR) is 111 cm³/mol. The minimum Gasteiger partial charge on any atom is -0.379 e. The molecule has 0 N–H and O–H groups in total. The average molecular weight is 398 g/mol. The topological polar surface area (TPSA) is 72.7 Å². The minimum atomic E-state index is -0.312. The zero-order chi connectivity index (χ0) is 20.4. The summed E-state index contributed by atoms with van der Waals surface area (Å²) in [4.78, 5) is 24.6. The molecule has 1 aromatic heterocycles. The average Bonchev–Trinajstić information content (AvgIpc) is 3.31. The molecule has 1 spiro atoms. The van der Waals surface area contributed by atoms with Gasteiger partial charge in [0.2, 0.25) is 5.91 Å². The molecule has 4 rings (SSSR count). The quantitative estimate of drug-likeness (QED) is 0.755. The van der Waals surface area contributed by atoms with E-state index in [9.17, 15) is 10.1 Å². The molecule has 3 saturated heterocycles. The molecule has 0 aromatic carbocycles. The summed E-state index contributed by atoms with van der Waals surface area (Å²) in [5.74, 6) is 1.34. The normalized spacial score (nSPS) is 25.4. The molecule has 3 aliphatic rings. The van der Waals surface area contributed by atoms with E-state index in [1.54, 1.807) is 0 Å². The summed E-state index contributed by atoms with van der Waals surface area (Å²) < 4.78 is 5.41. The van der Waals surface area contributed by atoms with Crippen LogP contribution < -0.4 is 4.90 Å². The van der Waals surface area contributed by atoms with E-state index in [0.717, 1.165) is 76.8 Å². The van der Waals surface area contributed by atoms with Gasteiger partial charge in [-0.05, 0) is 30.9 Å². The molecule has 7 nitrogen and oxygen atoms in total. The van der Waals surface area contributed by atoms with Gasteiger partial charge < -0.3 is 14.5 Å². The highest BCUT2D eigenvalue weighted by Gasteiger charge is 2.51. The van der Waals surface area contributed by atoms with Crippen molar-refractivity contribution in [2.75, 3.05) is 63.9 Å². The SMILES string of the molecule is CC(C)c1ccc(C#N)c(N2CCC3(CCN(CCN4CCOCC4)C3=O)C2)n1. The Morgan fingerprint density at radius 1 is 1.17 bits per heavy atom. The number of morpholine rings is 1. The molecule has 156 valence electrons. The first-order chi connectivity index (χ1) is 14.0. The molecule has 1 atom stereocenters. The summed E-state index contributed by atoms with van der Waals surface area (Å²) in [7, 11) is 0. The number of likely N-dealkylation sites (tertiary alicyclic amines) is 1. The molecule has 3 fully saturated rings. The summed E-state index contributed by atoms with van der Waals surface area (Å²) in [6, 6.07) is 6.08. The van der Waals surface area contributed by atoms with E-state index in [-0.39, 0.29) is 11.3 Å². The van der Waals surface area contributed by atoms with Crippen molar-refractivity contribution in [2.45, 2.75) is 32.6 Å². The summed E-state index contributed by atoms with van der Waals surface area (Å²) in [6.07, 6.45) is 1.75. The third-order valence-corrected chi connectivity index (χ3v) is 6.65. The lowest BCUT2D eigenvalue weighted by Gasteiger charge is -2.29. The van der Waals surface area contributed by atoms with Gasteiger partial charge in [-0.15, -0.1) is 0 Å². The van der Waals surface area contributed by atoms with Crippen LogP contribution in [0.1, 0.15) is 43.9 Å². The number of nitrogens with zero attached hydrogens (tertiary/aromatic N) is 5. The van der Waals surface area contributed by atoms with Crippen LogP contribution in [0, 0.1) is 16.7 Å². The van der Waals surface area contributed by atoms with Gasteiger partial charge in [0.25, 0.3) is 0 Å². The third-order valence-electron chi connectivity index (χ3n) is 6.65. The second kappa shape index (κ2) is 8.29. The predicted octanol–water partition coefficient (Wildman–Crippen LogP) is 1.84. The number of nitriles is 1. The number of hydrogen-bond acceptors (Lipinski definition) is 6.